The van der Waals surface area contributed by atoms with Crippen LogP contribution in [0.25, 0.3) is 0 Å². The SMILES string of the molecule is CCS(=O)(=O)[C@@H](CO)[C@H](O)c1ccc(F)cc1. The maximum absolute atomic E-state index is 12.7. The average molecular weight is 262 g/mol. The quantitative estimate of drug-likeness (QED) is 0.817. The molecule has 1 aromatic rings. The summed E-state index contributed by atoms with van der Waals surface area (Å²) >= 11 is 0. The van der Waals surface area contributed by atoms with E-state index in [4.69, 9.17) is 5.11 Å². The van der Waals surface area contributed by atoms with Gasteiger partial charge in [-0.2, -0.15) is 0 Å². The van der Waals surface area contributed by atoms with Gasteiger partial charge in [0.1, 0.15) is 11.1 Å². The van der Waals surface area contributed by atoms with Gasteiger partial charge in [-0.05, 0) is 17.7 Å². The Hall–Kier alpha value is -0.980. The number of aliphatic hydroxyl groups is 2. The van der Waals surface area contributed by atoms with Crippen LogP contribution in [0, 0.1) is 5.82 Å². The molecule has 0 bridgehead atoms. The molecule has 2 atom stereocenters. The Bertz CT molecular complexity index is 455. The predicted molar refractivity (Wildman–Crippen MR) is 61.7 cm³/mol. The number of rotatable bonds is 5. The van der Waals surface area contributed by atoms with Gasteiger partial charge >= 0.3 is 0 Å². The summed E-state index contributed by atoms with van der Waals surface area (Å²) in [5, 5.41) is 17.7. The van der Waals surface area contributed by atoms with E-state index in [0.29, 0.717) is 0 Å². The second kappa shape index (κ2) is 5.57. The number of hydrogen-bond acceptors (Lipinski definition) is 4. The second-order valence-electron chi connectivity index (χ2n) is 3.67. The highest BCUT2D eigenvalue weighted by Crippen LogP contribution is 2.22. The summed E-state index contributed by atoms with van der Waals surface area (Å²) in [5.41, 5.74) is 0.266. The lowest BCUT2D eigenvalue weighted by Gasteiger charge is -2.20. The third-order valence-electron chi connectivity index (χ3n) is 2.61. The molecule has 17 heavy (non-hydrogen) atoms. The molecule has 0 aliphatic rings. The molecule has 4 nitrogen and oxygen atoms in total. The Kier molecular flexibility index (Phi) is 4.62. The van der Waals surface area contributed by atoms with Crippen LogP contribution >= 0.6 is 0 Å². The first-order chi connectivity index (χ1) is 7.92. The molecule has 0 aliphatic heterocycles. The summed E-state index contributed by atoms with van der Waals surface area (Å²) < 4.78 is 35.9. The summed E-state index contributed by atoms with van der Waals surface area (Å²) in [6.07, 6.45) is -1.36. The van der Waals surface area contributed by atoms with Crippen molar-refractivity contribution >= 4 is 9.84 Å². The molecule has 6 heteroatoms. The lowest BCUT2D eigenvalue weighted by atomic mass is 10.1. The van der Waals surface area contributed by atoms with Gasteiger partial charge in [0.2, 0.25) is 0 Å². The molecule has 0 saturated heterocycles. The van der Waals surface area contributed by atoms with Crippen LogP contribution in [0.2, 0.25) is 0 Å². The van der Waals surface area contributed by atoms with Gasteiger partial charge in [0.15, 0.2) is 9.84 Å². The average Bonchev–Trinajstić information content (AvgIpc) is 2.30. The van der Waals surface area contributed by atoms with Crippen LogP contribution in [-0.4, -0.2) is 36.2 Å². The second-order valence-corrected chi connectivity index (χ2v) is 6.18. The Morgan fingerprint density at radius 1 is 1.29 bits per heavy atom. The van der Waals surface area contributed by atoms with E-state index in [2.05, 4.69) is 0 Å². The highest BCUT2D eigenvalue weighted by atomic mass is 32.2. The largest absolute Gasteiger partial charge is 0.395 e. The molecule has 0 amide bonds. The topological polar surface area (TPSA) is 74.6 Å². The van der Waals surface area contributed by atoms with Crippen LogP contribution in [0.1, 0.15) is 18.6 Å². The molecular formula is C11H15FO4S. The molecule has 0 fully saturated rings. The van der Waals surface area contributed by atoms with Crippen LogP contribution in [-0.2, 0) is 9.84 Å². The fourth-order valence-corrected chi connectivity index (χ4v) is 2.70. The van der Waals surface area contributed by atoms with E-state index in [1.807, 2.05) is 0 Å². The molecule has 0 saturated carbocycles. The molecular weight excluding hydrogens is 247 g/mol. The number of benzene rings is 1. The first-order valence-electron chi connectivity index (χ1n) is 5.18. The molecule has 0 radical (unpaired) electrons. The summed E-state index contributed by atoms with van der Waals surface area (Å²) in [6, 6.07) is 4.86. The van der Waals surface area contributed by atoms with Gasteiger partial charge in [0.05, 0.1) is 12.7 Å². The van der Waals surface area contributed by atoms with Gasteiger partial charge < -0.3 is 10.2 Å². The molecule has 0 aromatic heterocycles. The Morgan fingerprint density at radius 2 is 1.82 bits per heavy atom. The van der Waals surface area contributed by atoms with Gasteiger partial charge in [0.25, 0.3) is 0 Å². The van der Waals surface area contributed by atoms with Crippen molar-refractivity contribution in [1.82, 2.24) is 0 Å². The van der Waals surface area contributed by atoms with Gasteiger partial charge in [-0.15, -0.1) is 0 Å². The molecule has 0 heterocycles. The van der Waals surface area contributed by atoms with E-state index in [1.54, 1.807) is 0 Å². The van der Waals surface area contributed by atoms with Crippen molar-refractivity contribution in [3.63, 3.8) is 0 Å². The van der Waals surface area contributed by atoms with Gasteiger partial charge in [-0.1, -0.05) is 19.1 Å². The maximum Gasteiger partial charge on any atom is 0.158 e. The van der Waals surface area contributed by atoms with E-state index in [9.17, 15) is 17.9 Å². The van der Waals surface area contributed by atoms with Crippen molar-refractivity contribution < 1.29 is 23.0 Å². The molecule has 96 valence electrons. The minimum absolute atomic E-state index is 0.170. The zero-order valence-electron chi connectivity index (χ0n) is 9.38. The van der Waals surface area contributed by atoms with Gasteiger partial charge in [0, 0.05) is 5.75 Å². The number of halogens is 1. The summed E-state index contributed by atoms with van der Waals surface area (Å²) in [6.45, 7) is 0.768. The van der Waals surface area contributed by atoms with E-state index in [1.165, 1.54) is 19.1 Å². The first-order valence-corrected chi connectivity index (χ1v) is 6.90. The van der Waals surface area contributed by atoms with E-state index >= 15 is 0 Å². The third kappa shape index (κ3) is 3.24. The fourth-order valence-electron chi connectivity index (χ4n) is 1.50. The zero-order valence-corrected chi connectivity index (χ0v) is 10.2. The standard InChI is InChI=1S/C11H15FO4S/c1-2-17(15,16)10(7-13)11(14)8-3-5-9(12)6-4-8/h3-6,10-11,13-14H,2,7H2,1H3/t10-,11+/m0/s1. The lowest BCUT2D eigenvalue weighted by Crippen LogP contribution is -2.33. The summed E-state index contributed by atoms with van der Waals surface area (Å²) in [4.78, 5) is 0. The Labute approximate surface area is 99.6 Å². The fraction of sp³-hybridized carbons (Fsp3) is 0.455. The van der Waals surface area contributed by atoms with Crippen LogP contribution in [0.5, 0.6) is 0 Å². The van der Waals surface area contributed by atoms with Crippen molar-refractivity contribution in [1.29, 1.82) is 0 Å². The summed E-state index contributed by atoms with van der Waals surface area (Å²) in [5.74, 6) is -0.643. The predicted octanol–water partition coefficient (Wildman–Crippen LogP) is 0.655. The zero-order chi connectivity index (χ0) is 13.1. The van der Waals surface area contributed by atoms with Crippen molar-refractivity contribution in [3.8, 4) is 0 Å². The summed E-state index contributed by atoms with van der Waals surface area (Å²) in [7, 11) is -3.56. The molecule has 1 rings (SSSR count). The Morgan fingerprint density at radius 3 is 2.24 bits per heavy atom. The van der Waals surface area contributed by atoms with Crippen LogP contribution in [0.4, 0.5) is 4.39 Å². The number of sulfone groups is 1. The third-order valence-corrected chi connectivity index (χ3v) is 4.74. The van der Waals surface area contributed by atoms with Crippen molar-refractivity contribution in [2.45, 2.75) is 18.3 Å². The molecule has 0 spiro atoms. The smallest absolute Gasteiger partial charge is 0.158 e. The van der Waals surface area contributed by atoms with Crippen molar-refractivity contribution in [2.75, 3.05) is 12.4 Å². The van der Waals surface area contributed by atoms with Crippen LogP contribution < -0.4 is 0 Å². The van der Waals surface area contributed by atoms with E-state index in [0.717, 1.165) is 12.1 Å². The van der Waals surface area contributed by atoms with Crippen LogP contribution in [0.3, 0.4) is 0 Å². The number of hydrogen-bond donors (Lipinski definition) is 2. The van der Waals surface area contributed by atoms with Gasteiger partial charge in [-0.3, -0.25) is 0 Å². The van der Waals surface area contributed by atoms with E-state index in [-0.39, 0.29) is 11.3 Å². The maximum atomic E-state index is 12.7. The van der Waals surface area contributed by atoms with Crippen molar-refractivity contribution in [3.05, 3.63) is 35.6 Å². The van der Waals surface area contributed by atoms with Crippen LogP contribution in [0.15, 0.2) is 24.3 Å². The minimum Gasteiger partial charge on any atom is -0.395 e. The Balaban J connectivity index is 3.02. The van der Waals surface area contributed by atoms with Gasteiger partial charge in [-0.25, -0.2) is 12.8 Å². The highest BCUT2D eigenvalue weighted by molar-refractivity contribution is 7.92. The monoisotopic (exact) mass is 262 g/mol. The minimum atomic E-state index is -3.56. The molecule has 2 N–H and O–H groups in total. The molecule has 1 aromatic carbocycles. The molecule has 0 aliphatic carbocycles. The number of aliphatic hydroxyl groups excluding tert-OH is 2. The lowest BCUT2D eigenvalue weighted by molar-refractivity contribution is 0.138. The van der Waals surface area contributed by atoms with Crippen molar-refractivity contribution in [2.24, 2.45) is 0 Å². The molecule has 0 unspecified atom stereocenters. The normalized spacial score (nSPS) is 15.5. The highest BCUT2D eigenvalue weighted by Gasteiger charge is 2.31. The first kappa shape index (κ1) is 14.1. The van der Waals surface area contributed by atoms with E-state index < -0.39 is 33.6 Å².